The standard InChI is InChI=1S/C46H26N4O2/c47-27-29-12-16-32(17-13-29)35-20-22-41-39(25-35)40-26-36(33-18-14-30(28-48)15-19-33)21-23-42(40)50(41)43-11-5-10-38-44(43)46(52)49(45(38)51)37-9-4-8-34(24-37)31-6-2-1-3-7-31/h1-26H. The van der Waals surface area contributed by atoms with Gasteiger partial charge >= 0.3 is 0 Å². The maximum atomic E-state index is 14.5. The molecule has 0 radical (unpaired) electrons. The van der Waals surface area contributed by atoms with Crippen LogP contribution in [-0.4, -0.2) is 16.4 Å². The van der Waals surface area contributed by atoms with Crippen molar-refractivity contribution in [1.82, 2.24) is 4.57 Å². The zero-order valence-corrected chi connectivity index (χ0v) is 27.6. The molecule has 0 saturated carbocycles. The highest BCUT2D eigenvalue weighted by Gasteiger charge is 2.39. The largest absolute Gasteiger partial charge is 0.308 e. The summed E-state index contributed by atoms with van der Waals surface area (Å²) in [6.07, 6.45) is 0. The number of hydrogen-bond acceptors (Lipinski definition) is 4. The second kappa shape index (κ2) is 12.1. The van der Waals surface area contributed by atoms with Crippen molar-refractivity contribution in [3.05, 3.63) is 180 Å². The summed E-state index contributed by atoms with van der Waals surface area (Å²) in [6, 6.07) is 54.7. The van der Waals surface area contributed by atoms with Crippen LogP contribution in [0.25, 0.3) is 60.9 Å². The quantitative estimate of drug-likeness (QED) is 0.171. The van der Waals surface area contributed by atoms with E-state index in [0.717, 1.165) is 55.2 Å². The molecule has 0 bridgehead atoms. The molecule has 0 atom stereocenters. The van der Waals surface area contributed by atoms with Crippen molar-refractivity contribution in [3.8, 4) is 51.2 Å². The predicted molar refractivity (Wildman–Crippen MR) is 204 cm³/mol. The van der Waals surface area contributed by atoms with Crippen LogP contribution < -0.4 is 4.90 Å². The van der Waals surface area contributed by atoms with E-state index in [9.17, 15) is 20.1 Å². The molecule has 0 aliphatic carbocycles. The Morgan fingerprint density at radius 1 is 0.442 bits per heavy atom. The zero-order valence-electron chi connectivity index (χ0n) is 27.6. The molecule has 6 heteroatoms. The van der Waals surface area contributed by atoms with Gasteiger partial charge in [-0.1, -0.05) is 84.9 Å². The molecule has 0 spiro atoms. The van der Waals surface area contributed by atoms with Gasteiger partial charge in [-0.3, -0.25) is 9.59 Å². The molecule has 0 unspecified atom stereocenters. The highest BCUT2D eigenvalue weighted by Crippen LogP contribution is 2.40. The van der Waals surface area contributed by atoms with Crippen molar-refractivity contribution in [2.24, 2.45) is 0 Å². The van der Waals surface area contributed by atoms with Crippen LogP contribution >= 0.6 is 0 Å². The summed E-state index contributed by atoms with van der Waals surface area (Å²) in [6.45, 7) is 0. The van der Waals surface area contributed by atoms with Gasteiger partial charge in [0.25, 0.3) is 11.8 Å². The number of nitrogens with zero attached hydrogens (tertiary/aromatic N) is 4. The van der Waals surface area contributed by atoms with Crippen LogP contribution in [0.4, 0.5) is 5.69 Å². The lowest BCUT2D eigenvalue weighted by Crippen LogP contribution is -2.29. The molecule has 2 amide bonds. The van der Waals surface area contributed by atoms with Crippen molar-refractivity contribution < 1.29 is 9.59 Å². The number of fused-ring (bicyclic) bond motifs is 4. The molecule has 1 aliphatic heterocycles. The Morgan fingerprint density at radius 3 is 1.52 bits per heavy atom. The Balaban J connectivity index is 1.23. The first kappa shape index (κ1) is 30.5. The summed E-state index contributed by atoms with van der Waals surface area (Å²) >= 11 is 0. The van der Waals surface area contributed by atoms with E-state index < -0.39 is 0 Å². The number of rotatable bonds is 5. The fraction of sp³-hybridized carbons (Fsp3) is 0. The normalized spacial score (nSPS) is 12.2. The Kier molecular flexibility index (Phi) is 7.10. The van der Waals surface area contributed by atoms with Crippen molar-refractivity contribution in [1.29, 1.82) is 10.5 Å². The molecular formula is C46H26N4O2. The van der Waals surface area contributed by atoms with Crippen molar-refractivity contribution >= 4 is 39.3 Å². The average molecular weight is 667 g/mol. The summed E-state index contributed by atoms with van der Waals surface area (Å²) in [7, 11) is 0. The van der Waals surface area contributed by atoms with Gasteiger partial charge in [-0.25, -0.2) is 4.90 Å². The van der Waals surface area contributed by atoms with Gasteiger partial charge in [0.1, 0.15) is 0 Å². The van der Waals surface area contributed by atoms with Gasteiger partial charge in [0.15, 0.2) is 0 Å². The van der Waals surface area contributed by atoms with E-state index in [1.807, 2.05) is 133 Å². The van der Waals surface area contributed by atoms with Crippen molar-refractivity contribution in [2.45, 2.75) is 0 Å². The van der Waals surface area contributed by atoms with E-state index in [-0.39, 0.29) is 11.8 Å². The van der Waals surface area contributed by atoms with Gasteiger partial charge in [-0.2, -0.15) is 10.5 Å². The lowest BCUT2D eigenvalue weighted by atomic mass is 9.99. The number of benzene rings is 7. The smallest absolute Gasteiger partial charge is 0.268 e. The molecule has 0 N–H and O–H groups in total. The van der Waals surface area contributed by atoms with E-state index in [1.54, 1.807) is 12.1 Å². The molecule has 1 aromatic heterocycles. The maximum Gasteiger partial charge on any atom is 0.268 e. The predicted octanol–water partition coefficient (Wildman–Crippen LogP) is 10.3. The van der Waals surface area contributed by atoms with E-state index in [1.165, 1.54) is 4.90 Å². The van der Waals surface area contributed by atoms with Gasteiger partial charge in [0, 0.05) is 10.8 Å². The lowest BCUT2D eigenvalue weighted by molar-refractivity contribution is 0.0926. The third kappa shape index (κ3) is 4.87. The van der Waals surface area contributed by atoms with Crippen LogP contribution in [0.15, 0.2) is 158 Å². The van der Waals surface area contributed by atoms with E-state index in [4.69, 9.17) is 0 Å². The van der Waals surface area contributed by atoms with E-state index in [0.29, 0.717) is 33.6 Å². The lowest BCUT2D eigenvalue weighted by Gasteiger charge is -2.16. The van der Waals surface area contributed by atoms with Gasteiger partial charge in [0.2, 0.25) is 0 Å². The molecule has 52 heavy (non-hydrogen) atoms. The first-order valence-electron chi connectivity index (χ1n) is 16.8. The monoisotopic (exact) mass is 666 g/mol. The minimum absolute atomic E-state index is 0.351. The first-order chi connectivity index (χ1) is 25.5. The minimum Gasteiger partial charge on any atom is -0.308 e. The van der Waals surface area contributed by atoms with Crippen LogP contribution in [0.2, 0.25) is 0 Å². The molecule has 0 saturated heterocycles. The molecule has 7 aromatic carbocycles. The number of imide groups is 1. The Hall–Kier alpha value is -7.54. The topological polar surface area (TPSA) is 89.9 Å². The van der Waals surface area contributed by atoms with Crippen molar-refractivity contribution in [2.75, 3.05) is 4.90 Å². The fourth-order valence-corrected chi connectivity index (χ4v) is 7.26. The zero-order chi connectivity index (χ0) is 35.3. The molecule has 0 fully saturated rings. The van der Waals surface area contributed by atoms with Gasteiger partial charge < -0.3 is 4.57 Å². The number of carbonyl (C=O) groups is 2. The molecule has 8 aromatic rings. The molecule has 1 aliphatic rings. The molecular weight excluding hydrogens is 641 g/mol. The third-order valence-corrected chi connectivity index (χ3v) is 9.81. The maximum absolute atomic E-state index is 14.5. The highest BCUT2D eigenvalue weighted by atomic mass is 16.2. The fourth-order valence-electron chi connectivity index (χ4n) is 7.26. The molecule has 2 heterocycles. The second-order valence-corrected chi connectivity index (χ2v) is 12.7. The summed E-state index contributed by atoms with van der Waals surface area (Å²) in [5.74, 6) is -0.738. The van der Waals surface area contributed by atoms with E-state index in [2.05, 4.69) is 28.8 Å². The minimum atomic E-state index is -0.376. The van der Waals surface area contributed by atoms with Gasteiger partial charge in [-0.05, 0) is 106 Å². The summed E-state index contributed by atoms with van der Waals surface area (Å²) in [5.41, 5.74) is 10.6. The number of aromatic nitrogens is 1. The SMILES string of the molecule is N#Cc1ccc(-c2ccc3c(c2)c2cc(-c4ccc(C#N)cc4)ccc2n3-c2cccc3c2C(=O)N(c2cccc(-c4ccccc4)c2)C3=O)cc1. The number of nitriles is 2. The highest BCUT2D eigenvalue weighted by molar-refractivity contribution is 6.36. The number of anilines is 1. The summed E-state index contributed by atoms with van der Waals surface area (Å²) in [4.78, 5) is 29.8. The second-order valence-electron chi connectivity index (χ2n) is 12.7. The number of amides is 2. The van der Waals surface area contributed by atoms with Crippen LogP contribution in [-0.2, 0) is 0 Å². The first-order valence-corrected chi connectivity index (χ1v) is 16.8. The van der Waals surface area contributed by atoms with E-state index >= 15 is 0 Å². The Labute approximate surface area is 299 Å². The van der Waals surface area contributed by atoms with Crippen molar-refractivity contribution in [3.63, 3.8) is 0 Å². The molecule has 9 rings (SSSR count). The third-order valence-electron chi connectivity index (χ3n) is 9.81. The van der Waals surface area contributed by atoms with Gasteiger partial charge in [0.05, 0.1) is 56.8 Å². The van der Waals surface area contributed by atoms with Crippen LogP contribution in [0.1, 0.15) is 31.8 Å². The summed E-state index contributed by atoms with van der Waals surface area (Å²) in [5, 5.41) is 20.6. The summed E-state index contributed by atoms with van der Waals surface area (Å²) < 4.78 is 2.07. The molecule has 242 valence electrons. The Morgan fingerprint density at radius 2 is 0.942 bits per heavy atom. The van der Waals surface area contributed by atoms with Crippen LogP contribution in [0, 0.1) is 22.7 Å². The Bertz CT molecular complexity index is 2720. The van der Waals surface area contributed by atoms with Crippen LogP contribution in [0.3, 0.4) is 0 Å². The number of hydrogen-bond donors (Lipinski definition) is 0. The molecule has 6 nitrogen and oxygen atoms in total. The van der Waals surface area contributed by atoms with Crippen LogP contribution in [0.5, 0.6) is 0 Å². The van der Waals surface area contributed by atoms with Gasteiger partial charge in [-0.15, -0.1) is 0 Å². The number of carbonyl (C=O) groups excluding carboxylic acids is 2. The average Bonchev–Trinajstić information content (AvgIpc) is 3.67.